The van der Waals surface area contributed by atoms with Gasteiger partial charge in [-0.1, -0.05) is 36.4 Å². The van der Waals surface area contributed by atoms with E-state index in [0.717, 1.165) is 56.2 Å². The van der Waals surface area contributed by atoms with Crippen LogP contribution in [0.5, 0.6) is 5.75 Å². The summed E-state index contributed by atoms with van der Waals surface area (Å²) < 4.78 is 80.4. The molecule has 0 spiro atoms. The van der Waals surface area contributed by atoms with Crippen LogP contribution in [0.3, 0.4) is 0 Å². The van der Waals surface area contributed by atoms with Crippen molar-refractivity contribution in [3.63, 3.8) is 0 Å². The van der Waals surface area contributed by atoms with E-state index in [1.165, 1.54) is 0 Å². The molecule has 0 atom stereocenters. The Morgan fingerprint density at radius 2 is 1.50 bits per heavy atom. The van der Waals surface area contributed by atoms with Crippen molar-refractivity contribution in [2.24, 2.45) is 5.92 Å². The first-order valence-electron chi connectivity index (χ1n) is 10.8. The third kappa shape index (κ3) is 6.78. The topological polar surface area (TPSA) is 9.23 Å². The van der Waals surface area contributed by atoms with Crippen LogP contribution in [0, 0.1) is 17.6 Å². The van der Waals surface area contributed by atoms with E-state index in [0.29, 0.717) is 23.8 Å². The second-order valence-corrected chi connectivity index (χ2v) is 8.19. The summed E-state index contributed by atoms with van der Waals surface area (Å²) in [7, 11) is 0. The summed E-state index contributed by atoms with van der Waals surface area (Å²) >= 11 is 0. The van der Waals surface area contributed by atoms with Gasteiger partial charge in [-0.2, -0.15) is 0 Å². The highest BCUT2D eigenvalue weighted by Gasteiger charge is 2.34. The van der Waals surface area contributed by atoms with Gasteiger partial charge in [-0.3, -0.25) is 4.39 Å². The van der Waals surface area contributed by atoms with Gasteiger partial charge in [0.05, 0.1) is 6.67 Å². The van der Waals surface area contributed by atoms with Crippen molar-refractivity contribution in [2.45, 2.75) is 57.2 Å². The predicted octanol–water partition coefficient (Wildman–Crippen LogP) is 8.50. The van der Waals surface area contributed by atoms with Crippen LogP contribution < -0.4 is 4.74 Å². The van der Waals surface area contributed by atoms with Crippen molar-refractivity contribution in [3.05, 3.63) is 65.7 Å². The molecule has 1 fully saturated rings. The maximum Gasteiger partial charge on any atom is 0.573 e. The van der Waals surface area contributed by atoms with Crippen LogP contribution in [-0.2, 0) is 0 Å². The molecule has 3 rings (SSSR count). The lowest BCUT2D eigenvalue weighted by molar-refractivity contribution is -0.276. The molecule has 0 radical (unpaired) electrons. The van der Waals surface area contributed by atoms with E-state index in [2.05, 4.69) is 16.9 Å². The van der Waals surface area contributed by atoms with Gasteiger partial charge in [-0.25, -0.2) is 8.78 Å². The van der Waals surface area contributed by atoms with Crippen LogP contribution in [0.15, 0.2) is 48.6 Å². The lowest BCUT2D eigenvalue weighted by atomic mass is 9.77. The predicted molar refractivity (Wildman–Crippen MR) is 112 cm³/mol. The van der Waals surface area contributed by atoms with Crippen molar-refractivity contribution < 1.29 is 31.1 Å². The Kier molecular flexibility index (Phi) is 8.26. The normalized spacial score (nSPS) is 19.4. The summed E-state index contributed by atoms with van der Waals surface area (Å²) in [6.07, 6.45) is 5.72. The van der Waals surface area contributed by atoms with Gasteiger partial charge in [0.1, 0.15) is 0 Å². The first kappa shape index (κ1) is 24.2. The van der Waals surface area contributed by atoms with Crippen molar-refractivity contribution in [1.82, 2.24) is 0 Å². The van der Waals surface area contributed by atoms with E-state index >= 15 is 0 Å². The Hall–Kier alpha value is -2.44. The molecular formula is C25H26F6O. The fourth-order valence-electron chi connectivity index (χ4n) is 4.22. The molecule has 2 aromatic rings. The summed E-state index contributed by atoms with van der Waals surface area (Å²) in [5, 5.41) is 0. The molecule has 7 heteroatoms. The van der Waals surface area contributed by atoms with E-state index in [9.17, 15) is 26.3 Å². The van der Waals surface area contributed by atoms with Crippen molar-refractivity contribution in [1.29, 1.82) is 0 Å². The number of ether oxygens (including phenoxy) is 1. The van der Waals surface area contributed by atoms with Crippen LogP contribution in [0.1, 0.15) is 56.4 Å². The number of unbranched alkanes of at least 4 members (excludes halogenated alkanes) is 1. The molecule has 0 aromatic heterocycles. The maximum absolute atomic E-state index is 14.0. The quantitative estimate of drug-likeness (QED) is 0.220. The summed E-state index contributed by atoms with van der Waals surface area (Å²) in [5.74, 6) is -3.22. The smallest absolute Gasteiger partial charge is 0.399 e. The zero-order valence-corrected chi connectivity index (χ0v) is 17.6. The van der Waals surface area contributed by atoms with Gasteiger partial charge < -0.3 is 4.74 Å². The van der Waals surface area contributed by atoms with Crippen molar-refractivity contribution in [3.8, 4) is 16.9 Å². The molecule has 2 aromatic carbocycles. The fraction of sp³-hybridized carbons (Fsp3) is 0.440. The van der Waals surface area contributed by atoms with Gasteiger partial charge in [-0.05, 0) is 85.6 Å². The number of hydrogen-bond acceptors (Lipinski definition) is 1. The van der Waals surface area contributed by atoms with Crippen molar-refractivity contribution in [2.75, 3.05) is 6.67 Å². The number of halogens is 6. The minimum absolute atomic E-state index is 0.143. The fourth-order valence-corrected chi connectivity index (χ4v) is 4.22. The molecule has 174 valence electrons. The Morgan fingerprint density at radius 3 is 2.06 bits per heavy atom. The molecule has 0 N–H and O–H groups in total. The monoisotopic (exact) mass is 456 g/mol. The Morgan fingerprint density at radius 1 is 0.875 bits per heavy atom. The van der Waals surface area contributed by atoms with Crippen LogP contribution in [0.4, 0.5) is 26.3 Å². The summed E-state index contributed by atoms with van der Waals surface area (Å²) in [4.78, 5) is 0. The van der Waals surface area contributed by atoms with Crippen LogP contribution in [0.25, 0.3) is 11.1 Å². The summed E-state index contributed by atoms with van der Waals surface area (Å²) in [6, 6.07) is 8.96. The van der Waals surface area contributed by atoms with Gasteiger partial charge in [0.15, 0.2) is 11.6 Å². The lowest BCUT2D eigenvalue weighted by Gasteiger charge is -2.28. The first-order chi connectivity index (χ1) is 15.3. The molecule has 1 nitrogen and oxygen atoms in total. The molecule has 0 bridgehead atoms. The maximum atomic E-state index is 14.0. The SMILES string of the molecule is FCCCC=CC[C@H]1CC[C@H](c2ccc(-c3cc(F)c(OC(F)(F)F)c(F)c3)cc2)CC1. The van der Waals surface area contributed by atoms with E-state index in [1.807, 2.05) is 12.1 Å². The first-order valence-corrected chi connectivity index (χ1v) is 10.8. The molecule has 1 aliphatic rings. The van der Waals surface area contributed by atoms with Gasteiger partial charge in [-0.15, -0.1) is 13.2 Å². The molecule has 1 aliphatic carbocycles. The van der Waals surface area contributed by atoms with Crippen LogP contribution >= 0.6 is 0 Å². The summed E-state index contributed by atoms with van der Waals surface area (Å²) in [6.45, 7) is -0.282. The van der Waals surface area contributed by atoms with Crippen LogP contribution in [0.2, 0.25) is 0 Å². The molecule has 32 heavy (non-hydrogen) atoms. The number of alkyl halides is 4. The zero-order valence-electron chi connectivity index (χ0n) is 17.6. The van der Waals surface area contributed by atoms with E-state index in [-0.39, 0.29) is 12.2 Å². The standard InChI is InChI=1S/C25H26F6O/c26-14-4-2-1-3-5-17-6-8-18(9-7-17)19-10-12-20(13-11-19)21-15-22(27)24(23(28)16-21)32-25(29,30)31/h1,3,10-13,15-18H,2,4-9,14H2/t17-,18-. The number of hydrogen-bond donors (Lipinski definition) is 0. The molecule has 0 saturated heterocycles. The lowest BCUT2D eigenvalue weighted by Crippen LogP contribution is -2.19. The molecule has 1 saturated carbocycles. The van der Waals surface area contributed by atoms with Crippen LogP contribution in [-0.4, -0.2) is 13.0 Å². The van der Waals surface area contributed by atoms with Gasteiger partial charge in [0, 0.05) is 0 Å². The Labute approximate surface area is 184 Å². The average Bonchev–Trinajstić information content (AvgIpc) is 2.76. The zero-order chi connectivity index (χ0) is 23.1. The Bertz CT molecular complexity index is 873. The second kappa shape index (κ2) is 10.9. The van der Waals surface area contributed by atoms with Crippen molar-refractivity contribution >= 4 is 0 Å². The van der Waals surface area contributed by atoms with Gasteiger partial charge >= 0.3 is 6.36 Å². The molecular weight excluding hydrogens is 430 g/mol. The highest BCUT2D eigenvalue weighted by molar-refractivity contribution is 5.65. The van der Waals surface area contributed by atoms with E-state index < -0.39 is 23.7 Å². The minimum Gasteiger partial charge on any atom is -0.399 e. The van der Waals surface area contributed by atoms with Gasteiger partial charge in [0.2, 0.25) is 5.75 Å². The van der Waals surface area contributed by atoms with E-state index in [4.69, 9.17) is 0 Å². The summed E-state index contributed by atoms with van der Waals surface area (Å²) in [5.41, 5.74) is 1.80. The highest BCUT2D eigenvalue weighted by atomic mass is 19.4. The average molecular weight is 456 g/mol. The highest BCUT2D eigenvalue weighted by Crippen LogP contribution is 2.38. The molecule has 0 amide bonds. The number of benzene rings is 2. The minimum atomic E-state index is -5.17. The van der Waals surface area contributed by atoms with E-state index in [1.54, 1.807) is 12.1 Å². The number of rotatable bonds is 8. The Balaban J connectivity index is 1.59. The van der Waals surface area contributed by atoms with Gasteiger partial charge in [0.25, 0.3) is 0 Å². The molecule has 0 aliphatic heterocycles. The second-order valence-electron chi connectivity index (χ2n) is 8.19. The number of allylic oxidation sites excluding steroid dienone is 2. The molecule has 0 heterocycles. The third-order valence-electron chi connectivity index (χ3n) is 5.92. The largest absolute Gasteiger partial charge is 0.573 e. The third-order valence-corrected chi connectivity index (χ3v) is 5.92. The molecule has 0 unspecified atom stereocenters.